The molecule has 11 heteroatoms. The Bertz CT molecular complexity index is 935. The van der Waals surface area contributed by atoms with Crippen molar-refractivity contribution in [1.29, 1.82) is 0 Å². The quantitative estimate of drug-likeness (QED) is 0.611. The van der Waals surface area contributed by atoms with E-state index in [0.29, 0.717) is 51.4 Å². The molecule has 0 N–H and O–H groups in total. The summed E-state index contributed by atoms with van der Waals surface area (Å²) in [5.74, 6) is -0.864. The summed E-state index contributed by atoms with van der Waals surface area (Å²) in [5, 5.41) is 0. The number of rotatable bonds is 5. The fourth-order valence-corrected chi connectivity index (χ4v) is 5.70. The van der Waals surface area contributed by atoms with Gasteiger partial charge in [0.1, 0.15) is 0 Å². The average Bonchev–Trinajstić information content (AvgIpc) is 2.78. The Kier molecular flexibility index (Phi) is 7.49. The van der Waals surface area contributed by atoms with Gasteiger partial charge >= 0.3 is 12.1 Å². The molecule has 1 aromatic rings. The third-order valence-electron chi connectivity index (χ3n) is 6.03. The second kappa shape index (κ2) is 9.78. The van der Waals surface area contributed by atoms with Crippen LogP contribution in [-0.4, -0.2) is 62.3 Å². The number of carbonyl (C=O) groups excluding carboxylic acids is 2. The van der Waals surface area contributed by atoms with E-state index in [4.69, 9.17) is 4.74 Å². The molecular formula is C21H27F3N2O5S. The highest BCUT2D eigenvalue weighted by molar-refractivity contribution is 7.89. The van der Waals surface area contributed by atoms with Gasteiger partial charge in [0.15, 0.2) is 0 Å². The maximum Gasteiger partial charge on any atom is 0.416 e. The number of amides is 1. The first-order valence-electron chi connectivity index (χ1n) is 10.7. The molecule has 0 spiro atoms. The van der Waals surface area contributed by atoms with E-state index >= 15 is 0 Å². The van der Waals surface area contributed by atoms with Gasteiger partial charge in [-0.15, -0.1) is 0 Å². The number of piperidine rings is 2. The summed E-state index contributed by atoms with van der Waals surface area (Å²) >= 11 is 0. The number of alkyl halides is 3. The summed E-state index contributed by atoms with van der Waals surface area (Å²) in [6.45, 7) is 3.09. The number of carbonyl (C=O) groups is 2. The smallest absolute Gasteiger partial charge is 0.416 e. The lowest BCUT2D eigenvalue weighted by Crippen LogP contribution is -2.47. The number of nitrogens with zero attached hydrogens (tertiary/aromatic N) is 2. The topological polar surface area (TPSA) is 84.0 Å². The second-order valence-electron chi connectivity index (χ2n) is 8.06. The third-order valence-corrected chi connectivity index (χ3v) is 7.92. The average molecular weight is 477 g/mol. The molecule has 32 heavy (non-hydrogen) atoms. The summed E-state index contributed by atoms with van der Waals surface area (Å²) in [6, 6.07) is 3.69. The van der Waals surface area contributed by atoms with Crippen molar-refractivity contribution >= 4 is 21.9 Å². The van der Waals surface area contributed by atoms with Crippen LogP contribution < -0.4 is 0 Å². The highest BCUT2D eigenvalue weighted by atomic mass is 32.2. The van der Waals surface area contributed by atoms with Gasteiger partial charge in [-0.05, 0) is 50.8 Å². The zero-order chi connectivity index (χ0) is 23.5. The van der Waals surface area contributed by atoms with Gasteiger partial charge in [-0.2, -0.15) is 17.5 Å². The van der Waals surface area contributed by atoms with Gasteiger partial charge in [0, 0.05) is 32.1 Å². The molecule has 0 aliphatic carbocycles. The predicted octanol–water partition coefficient (Wildman–Crippen LogP) is 2.91. The first-order valence-corrected chi connectivity index (χ1v) is 12.1. The van der Waals surface area contributed by atoms with E-state index in [-0.39, 0.29) is 36.8 Å². The lowest BCUT2D eigenvalue weighted by atomic mass is 9.92. The number of likely N-dealkylation sites (tertiary alicyclic amines) is 1. The minimum Gasteiger partial charge on any atom is -0.466 e. The maximum atomic E-state index is 12.9. The zero-order valence-electron chi connectivity index (χ0n) is 17.8. The van der Waals surface area contributed by atoms with Crippen LogP contribution in [0.1, 0.15) is 38.2 Å². The van der Waals surface area contributed by atoms with Crippen LogP contribution >= 0.6 is 0 Å². The standard InChI is InChI=1S/C21H27F3N2O5S/c1-2-31-20(28)16-6-10-25(11-7-16)19(27)15-8-12-26(13-9-15)32(29,30)18-5-3-4-17(14-18)21(22,23)24/h3-5,14-16H,2,6-13H2,1H3. The van der Waals surface area contributed by atoms with Gasteiger partial charge < -0.3 is 9.64 Å². The van der Waals surface area contributed by atoms with E-state index in [2.05, 4.69) is 0 Å². The maximum absolute atomic E-state index is 12.9. The predicted molar refractivity (Wildman–Crippen MR) is 109 cm³/mol. The molecule has 1 amide bonds. The first-order chi connectivity index (χ1) is 15.0. The fourth-order valence-electron chi connectivity index (χ4n) is 4.18. The summed E-state index contributed by atoms with van der Waals surface area (Å²) in [6.07, 6.45) is -2.96. The van der Waals surface area contributed by atoms with E-state index in [0.717, 1.165) is 22.5 Å². The number of sulfonamides is 1. The van der Waals surface area contributed by atoms with E-state index in [1.54, 1.807) is 11.8 Å². The van der Waals surface area contributed by atoms with Crippen molar-refractivity contribution in [2.75, 3.05) is 32.8 Å². The van der Waals surface area contributed by atoms with Crippen LogP contribution in [0.2, 0.25) is 0 Å². The second-order valence-corrected chi connectivity index (χ2v) is 9.99. The SMILES string of the molecule is CCOC(=O)C1CCN(C(=O)C2CCN(S(=O)(=O)c3cccc(C(F)(F)F)c3)CC2)CC1. The Morgan fingerprint density at radius 2 is 1.62 bits per heavy atom. The Balaban J connectivity index is 1.57. The van der Waals surface area contributed by atoms with Crippen LogP contribution in [0.3, 0.4) is 0 Å². The van der Waals surface area contributed by atoms with Gasteiger partial charge in [0.05, 0.1) is 23.0 Å². The lowest BCUT2D eigenvalue weighted by Gasteiger charge is -2.36. The van der Waals surface area contributed by atoms with Crippen LogP contribution in [0, 0.1) is 11.8 Å². The molecule has 7 nitrogen and oxygen atoms in total. The normalized spacial score (nSPS) is 19.7. The number of hydrogen-bond donors (Lipinski definition) is 0. The highest BCUT2D eigenvalue weighted by Crippen LogP contribution is 2.32. The van der Waals surface area contributed by atoms with E-state index in [1.165, 1.54) is 0 Å². The monoisotopic (exact) mass is 476 g/mol. The van der Waals surface area contributed by atoms with Crippen molar-refractivity contribution in [3.8, 4) is 0 Å². The highest BCUT2D eigenvalue weighted by Gasteiger charge is 2.37. The Morgan fingerprint density at radius 3 is 2.19 bits per heavy atom. The van der Waals surface area contributed by atoms with Crippen LogP contribution in [0.15, 0.2) is 29.2 Å². The number of halogens is 3. The van der Waals surface area contributed by atoms with Crippen molar-refractivity contribution < 1.29 is 35.9 Å². The first kappa shape index (κ1) is 24.5. The fraction of sp³-hybridized carbons (Fsp3) is 0.619. The molecule has 0 unspecified atom stereocenters. The van der Waals surface area contributed by atoms with Crippen molar-refractivity contribution in [3.63, 3.8) is 0 Å². The number of ether oxygens (including phenoxy) is 1. The molecular weight excluding hydrogens is 449 g/mol. The van der Waals surface area contributed by atoms with E-state index in [1.807, 2.05) is 0 Å². The molecule has 178 valence electrons. The molecule has 2 saturated heterocycles. The van der Waals surface area contributed by atoms with Gasteiger partial charge in [-0.25, -0.2) is 8.42 Å². The molecule has 3 rings (SSSR count). The summed E-state index contributed by atoms with van der Waals surface area (Å²) < 4.78 is 70.6. The molecule has 0 radical (unpaired) electrons. The molecule has 0 atom stereocenters. The third kappa shape index (κ3) is 5.43. The molecule has 2 aliphatic rings. The van der Waals surface area contributed by atoms with Gasteiger partial charge in [-0.3, -0.25) is 9.59 Å². The van der Waals surface area contributed by atoms with E-state index < -0.39 is 26.7 Å². The van der Waals surface area contributed by atoms with Crippen LogP contribution in [0.25, 0.3) is 0 Å². The minimum absolute atomic E-state index is 0.0638. The molecule has 0 aromatic heterocycles. The molecule has 0 bridgehead atoms. The van der Waals surface area contributed by atoms with Gasteiger partial charge in [0.25, 0.3) is 0 Å². The summed E-state index contributed by atoms with van der Waals surface area (Å²) in [5.41, 5.74) is -1.02. The summed E-state index contributed by atoms with van der Waals surface area (Å²) in [7, 11) is -4.08. The van der Waals surface area contributed by atoms with Gasteiger partial charge in [-0.1, -0.05) is 6.07 Å². The largest absolute Gasteiger partial charge is 0.466 e. The van der Waals surface area contributed by atoms with Crippen molar-refractivity contribution in [3.05, 3.63) is 29.8 Å². The van der Waals surface area contributed by atoms with Crippen molar-refractivity contribution in [2.45, 2.75) is 43.7 Å². The van der Waals surface area contributed by atoms with Crippen LogP contribution in [0.5, 0.6) is 0 Å². The molecule has 2 heterocycles. The summed E-state index contributed by atoms with van der Waals surface area (Å²) in [4.78, 5) is 26.0. The number of esters is 1. The molecule has 1 aromatic carbocycles. The van der Waals surface area contributed by atoms with Crippen LogP contribution in [-0.2, 0) is 30.5 Å². The van der Waals surface area contributed by atoms with Crippen LogP contribution in [0.4, 0.5) is 13.2 Å². The zero-order valence-corrected chi connectivity index (χ0v) is 18.6. The Hall–Kier alpha value is -2.14. The molecule has 2 aliphatic heterocycles. The Labute approximate surface area is 185 Å². The van der Waals surface area contributed by atoms with Crippen molar-refractivity contribution in [2.24, 2.45) is 11.8 Å². The number of benzene rings is 1. The lowest BCUT2D eigenvalue weighted by molar-refractivity contribution is -0.152. The van der Waals surface area contributed by atoms with Crippen molar-refractivity contribution in [1.82, 2.24) is 9.21 Å². The molecule has 2 fully saturated rings. The van der Waals surface area contributed by atoms with E-state index in [9.17, 15) is 31.2 Å². The minimum atomic E-state index is -4.63. The molecule has 0 saturated carbocycles. The van der Waals surface area contributed by atoms with Gasteiger partial charge in [0.2, 0.25) is 15.9 Å². The number of hydrogen-bond acceptors (Lipinski definition) is 5. The Morgan fingerprint density at radius 1 is 1.03 bits per heavy atom.